The fraction of sp³-hybridized carbons (Fsp3) is 0.727. The number of esters is 1. The number of β-lactam (4-membered cyclic amide) rings is 1. The van der Waals surface area contributed by atoms with E-state index in [1.807, 2.05) is 0 Å². The summed E-state index contributed by atoms with van der Waals surface area (Å²) < 4.78 is 7.83. The van der Waals surface area contributed by atoms with Crippen molar-refractivity contribution in [3.63, 3.8) is 0 Å². The summed E-state index contributed by atoms with van der Waals surface area (Å²) in [7, 11) is 1.20. The zero-order valence-electron chi connectivity index (χ0n) is 10.9. The van der Waals surface area contributed by atoms with Crippen molar-refractivity contribution in [1.29, 1.82) is 0 Å². The van der Waals surface area contributed by atoms with Crippen LogP contribution in [-0.4, -0.2) is 61.2 Å². The molecule has 0 bridgehead atoms. The van der Waals surface area contributed by atoms with Crippen LogP contribution in [0.2, 0.25) is 0 Å². The minimum Gasteiger partial charge on any atom is -0.480 e. The van der Waals surface area contributed by atoms with E-state index in [1.165, 1.54) is 23.8 Å². The minimum atomic E-state index is -1.50. The van der Waals surface area contributed by atoms with Crippen molar-refractivity contribution >= 4 is 45.5 Å². The average molecular weight is 366 g/mol. The molecule has 0 aromatic rings. The third kappa shape index (κ3) is 1.29. The molecule has 0 aromatic heterocycles. The average Bonchev–Trinajstić information content (AvgIpc) is 2.94. The molecule has 0 aliphatic carbocycles. The van der Waals surface area contributed by atoms with Crippen LogP contribution in [0.1, 0.15) is 13.8 Å². The summed E-state index contributed by atoms with van der Waals surface area (Å²) >= 11 is 4.43. The summed E-state index contributed by atoms with van der Waals surface area (Å²) in [5.74, 6) is -2.25. The van der Waals surface area contributed by atoms with Crippen LogP contribution in [0.3, 0.4) is 0 Å². The predicted molar refractivity (Wildman–Crippen MR) is 71.2 cm³/mol. The number of carbonyl (C=O) groups is 3. The summed E-state index contributed by atoms with van der Waals surface area (Å²) in [6.07, 6.45) is 0. The number of aliphatic carboxylic acids is 1. The van der Waals surface area contributed by atoms with Crippen LogP contribution in [0.4, 0.5) is 0 Å². The molecule has 0 saturated carbocycles. The predicted octanol–water partition coefficient (Wildman–Crippen LogP) is 0.166. The van der Waals surface area contributed by atoms with E-state index in [2.05, 4.69) is 20.7 Å². The van der Waals surface area contributed by atoms with Crippen LogP contribution in [0, 0.1) is 0 Å². The number of rotatable bonds is 2. The number of thioether (sulfide) groups is 1. The lowest BCUT2D eigenvalue weighted by Crippen LogP contribution is -2.70. The number of nitrogens with zero attached hydrogens (tertiary/aromatic N) is 1. The van der Waals surface area contributed by atoms with Gasteiger partial charge in [0, 0.05) is 4.75 Å². The number of fused-ring (bicyclic) bond motifs is 2. The molecule has 9 heteroatoms. The first-order valence-corrected chi connectivity index (χ1v) is 7.51. The standard InChI is InChI=1S/C11H12BrNO6S/c1-9(2)4(5(14)15)13-6(16)10(7(13)20-9)11(12,19-10)8(17)18-3/h4,7H,1-3H3,(H,14,15)/t4-,7+,10-,11?/m0/s1. The molecule has 3 fully saturated rings. The molecule has 1 unspecified atom stereocenters. The molecule has 4 atom stereocenters. The van der Waals surface area contributed by atoms with Gasteiger partial charge in [-0.2, -0.15) is 0 Å². The van der Waals surface area contributed by atoms with Crippen LogP contribution in [0.15, 0.2) is 0 Å². The summed E-state index contributed by atoms with van der Waals surface area (Å²) in [5, 5.41) is 8.80. The lowest BCUT2D eigenvalue weighted by molar-refractivity contribution is -0.165. The van der Waals surface area contributed by atoms with Crippen LogP contribution in [-0.2, 0) is 23.9 Å². The van der Waals surface area contributed by atoms with E-state index in [4.69, 9.17) is 4.74 Å². The highest BCUT2D eigenvalue weighted by molar-refractivity contribution is 9.10. The SMILES string of the molecule is COC(=O)C1(Br)O[C@]12C(=O)N1[C@@H](C(=O)O)C(C)(C)S[C@@H]12. The number of epoxide rings is 1. The van der Waals surface area contributed by atoms with Crippen LogP contribution >= 0.6 is 27.7 Å². The Morgan fingerprint density at radius 2 is 2.10 bits per heavy atom. The molecule has 3 heterocycles. The summed E-state index contributed by atoms with van der Waals surface area (Å²) in [6.45, 7) is 3.51. The molecule has 3 rings (SSSR count). The normalized spacial score (nSPS) is 44.0. The van der Waals surface area contributed by atoms with Gasteiger partial charge in [-0.05, 0) is 29.8 Å². The van der Waals surface area contributed by atoms with Crippen molar-refractivity contribution in [2.24, 2.45) is 0 Å². The number of carbonyl (C=O) groups excluding carboxylic acids is 2. The number of alkyl halides is 1. The van der Waals surface area contributed by atoms with Crippen LogP contribution < -0.4 is 0 Å². The maximum atomic E-state index is 12.4. The molecule has 110 valence electrons. The van der Waals surface area contributed by atoms with E-state index < -0.39 is 44.1 Å². The molecule has 3 aliphatic heterocycles. The fourth-order valence-electron chi connectivity index (χ4n) is 2.94. The highest BCUT2D eigenvalue weighted by Gasteiger charge is 2.92. The highest BCUT2D eigenvalue weighted by Crippen LogP contribution is 2.70. The quantitative estimate of drug-likeness (QED) is 0.322. The van der Waals surface area contributed by atoms with Crippen LogP contribution in [0.5, 0.6) is 0 Å². The largest absolute Gasteiger partial charge is 0.480 e. The Labute approximate surface area is 127 Å². The van der Waals surface area contributed by atoms with Gasteiger partial charge in [0.25, 0.3) is 10.4 Å². The number of hydrogen-bond acceptors (Lipinski definition) is 6. The second-order valence-electron chi connectivity index (χ2n) is 5.45. The first-order chi connectivity index (χ1) is 9.13. The van der Waals surface area contributed by atoms with Gasteiger partial charge in [-0.25, -0.2) is 9.59 Å². The smallest absolute Gasteiger partial charge is 0.353 e. The Kier molecular flexibility index (Phi) is 2.61. The molecule has 1 spiro atoms. The molecular formula is C11H12BrNO6S. The zero-order valence-corrected chi connectivity index (χ0v) is 13.3. The van der Waals surface area contributed by atoms with Crippen molar-refractivity contribution in [2.45, 2.75) is 40.1 Å². The molecule has 0 radical (unpaired) electrons. The lowest BCUT2D eigenvalue weighted by atomic mass is 9.89. The van der Waals surface area contributed by atoms with Crippen molar-refractivity contribution in [2.75, 3.05) is 7.11 Å². The Morgan fingerprint density at radius 3 is 2.60 bits per heavy atom. The third-order valence-electron chi connectivity index (χ3n) is 3.92. The molecular weight excluding hydrogens is 354 g/mol. The maximum absolute atomic E-state index is 12.4. The van der Waals surface area contributed by atoms with Gasteiger partial charge in [0.1, 0.15) is 11.4 Å². The second kappa shape index (κ2) is 3.69. The Balaban J connectivity index is 1.95. The monoisotopic (exact) mass is 365 g/mol. The van der Waals surface area contributed by atoms with Gasteiger partial charge >= 0.3 is 11.9 Å². The minimum absolute atomic E-state index is 0.491. The van der Waals surface area contributed by atoms with Crippen LogP contribution in [0.25, 0.3) is 0 Å². The van der Waals surface area contributed by atoms with E-state index in [1.54, 1.807) is 13.8 Å². The lowest BCUT2D eigenvalue weighted by Gasteiger charge is -2.42. The number of carboxylic acids is 1. The van der Waals surface area contributed by atoms with E-state index in [0.29, 0.717) is 0 Å². The number of carboxylic acid groups (broad SMARTS) is 1. The zero-order chi connectivity index (χ0) is 15.1. The van der Waals surface area contributed by atoms with Gasteiger partial charge < -0.3 is 19.5 Å². The molecule has 1 N–H and O–H groups in total. The molecule has 3 saturated heterocycles. The summed E-state index contributed by atoms with van der Waals surface area (Å²) in [5.41, 5.74) is -1.34. The second-order valence-corrected chi connectivity index (χ2v) is 8.30. The van der Waals surface area contributed by atoms with Crippen molar-refractivity contribution in [3.8, 4) is 0 Å². The number of ether oxygens (including phenoxy) is 2. The molecule has 20 heavy (non-hydrogen) atoms. The number of amides is 1. The summed E-state index contributed by atoms with van der Waals surface area (Å²) in [6, 6.07) is -0.936. The van der Waals surface area contributed by atoms with Crippen molar-refractivity contribution < 1.29 is 29.0 Å². The third-order valence-corrected chi connectivity index (χ3v) is 6.61. The number of halogens is 1. The van der Waals surface area contributed by atoms with Gasteiger partial charge in [-0.1, -0.05) is 0 Å². The molecule has 0 aromatic carbocycles. The maximum Gasteiger partial charge on any atom is 0.353 e. The Hall–Kier alpha value is -0.800. The first kappa shape index (κ1) is 14.2. The van der Waals surface area contributed by atoms with E-state index >= 15 is 0 Å². The topological polar surface area (TPSA) is 96.4 Å². The van der Waals surface area contributed by atoms with Gasteiger partial charge in [-0.3, -0.25) is 4.79 Å². The Bertz CT molecular complexity index is 553. The van der Waals surface area contributed by atoms with Gasteiger partial charge in [0.05, 0.1) is 7.11 Å². The highest BCUT2D eigenvalue weighted by atomic mass is 79.9. The van der Waals surface area contributed by atoms with Crippen molar-refractivity contribution in [1.82, 2.24) is 4.90 Å². The Morgan fingerprint density at radius 1 is 1.50 bits per heavy atom. The fourth-order valence-corrected chi connectivity index (χ4v) is 5.63. The number of hydrogen-bond donors (Lipinski definition) is 1. The molecule has 1 amide bonds. The van der Waals surface area contributed by atoms with E-state index in [-0.39, 0.29) is 0 Å². The van der Waals surface area contributed by atoms with Gasteiger partial charge in [-0.15, -0.1) is 11.8 Å². The summed E-state index contributed by atoms with van der Waals surface area (Å²) in [4.78, 5) is 36.7. The first-order valence-electron chi connectivity index (χ1n) is 5.84. The molecule has 3 aliphatic rings. The number of methoxy groups -OCH3 is 1. The van der Waals surface area contributed by atoms with E-state index in [9.17, 15) is 19.5 Å². The van der Waals surface area contributed by atoms with Gasteiger partial charge in [0.15, 0.2) is 0 Å². The van der Waals surface area contributed by atoms with Gasteiger partial charge in [0.2, 0.25) is 5.60 Å². The molecule has 7 nitrogen and oxygen atoms in total. The van der Waals surface area contributed by atoms with E-state index in [0.717, 1.165) is 0 Å². The van der Waals surface area contributed by atoms with Crippen molar-refractivity contribution in [3.05, 3.63) is 0 Å².